The summed E-state index contributed by atoms with van der Waals surface area (Å²) in [5, 5.41) is 8.10. The molecule has 0 spiro atoms. The standard InChI is InChI=1S/C10H4ClF4N/c11-8(3-4-16)6-1-2-9(12)7(5-6)10(13,14)15/h1-3,5H. The second kappa shape index (κ2) is 4.54. The van der Waals surface area contributed by atoms with Gasteiger partial charge >= 0.3 is 6.18 Å². The van der Waals surface area contributed by atoms with E-state index in [2.05, 4.69) is 0 Å². The lowest BCUT2D eigenvalue weighted by Crippen LogP contribution is -2.08. The van der Waals surface area contributed by atoms with Gasteiger partial charge in [-0.1, -0.05) is 17.7 Å². The van der Waals surface area contributed by atoms with Crippen LogP contribution >= 0.6 is 11.6 Å². The molecule has 0 aliphatic carbocycles. The van der Waals surface area contributed by atoms with E-state index in [9.17, 15) is 17.6 Å². The monoisotopic (exact) mass is 249 g/mol. The number of hydrogen-bond acceptors (Lipinski definition) is 1. The molecule has 0 saturated carbocycles. The maximum atomic E-state index is 12.9. The smallest absolute Gasteiger partial charge is 0.206 e. The van der Waals surface area contributed by atoms with Gasteiger partial charge in [0.25, 0.3) is 0 Å². The molecule has 6 heteroatoms. The molecule has 1 rings (SSSR count). The second-order valence-corrected chi connectivity index (χ2v) is 3.22. The van der Waals surface area contributed by atoms with Crippen LogP contribution in [0.3, 0.4) is 0 Å². The molecule has 0 saturated heterocycles. The number of allylic oxidation sites excluding steroid dienone is 1. The zero-order valence-corrected chi connectivity index (χ0v) is 8.40. The molecule has 16 heavy (non-hydrogen) atoms. The van der Waals surface area contributed by atoms with Crippen LogP contribution in [-0.4, -0.2) is 0 Å². The van der Waals surface area contributed by atoms with Crippen molar-refractivity contribution in [2.45, 2.75) is 6.18 Å². The first-order valence-electron chi connectivity index (χ1n) is 3.98. The number of halogens is 5. The van der Waals surface area contributed by atoms with Crippen LogP contribution in [0.5, 0.6) is 0 Å². The van der Waals surface area contributed by atoms with Crippen LogP contribution in [0, 0.1) is 17.1 Å². The average molecular weight is 250 g/mol. The molecule has 0 amide bonds. The van der Waals surface area contributed by atoms with Crippen LogP contribution in [0.1, 0.15) is 11.1 Å². The van der Waals surface area contributed by atoms with Gasteiger partial charge in [-0.15, -0.1) is 0 Å². The zero-order chi connectivity index (χ0) is 12.3. The third-order valence-electron chi connectivity index (χ3n) is 1.74. The first-order valence-corrected chi connectivity index (χ1v) is 4.36. The summed E-state index contributed by atoms with van der Waals surface area (Å²) < 4.78 is 49.8. The van der Waals surface area contributed by atoms with Gasteiger partial charge in [0.2, 0.25) is 0 Å². The maximum Gasteiger partial charge on any atom is 0.419 e. The van der Waals surface area contributed by atoms with E-state index in [1.807, 2.05) is 0 Å². The highest BCUT2D eigenvalue weighted by molar-refractivity contribution is 6.49. The molecule has 1 aromatic rings. The number of nitriles is 1. The summed E-state index contributed by atoms with van der Waals surface area (Å²) in [5.74, 6) is -1.38. The third-order valence-corrected chi connectivity index (χ3v) is 2.07. The Kier molecular flexibility index (Phi) is 3.55. The molecular weight excluding hydrogens is 246 g/mol. The number of benzene rings is 1. The van der Waals surface area contributed by atoms with Crippen LogP contribution in [0.2, 0.25) is 0 Å². The summed E-state index contributed by atoms with van der Waals surface area (Å²) in [6.45, 7) is 0. The number of alkyl halides is 3. The highest BCUT2D eigenvalue weighted by Gasteiger charge is 2.34. The molecule has 0 bridgehead atoms. The van der Waals surface area contributed by atoms with Crippen LogP contribution in [0.4, 0.5) is 17.6 Å². The highest BCUT2D eigenvalue weighted by atomic mass is 35.5. The van der Waals surface area contributed by atoms with Gasteiger partial charge in [0.1, 0.15) is 5.82 Å². The van der Waals surface area contributed by atoms with Crippen molar-refractivity contribution in [2.24, 2.45) is 0 Å². The van der Waals surface area contributed by atoms with Crippen molar-refractivity contribution < 1.29 is 17.6 Å². The van der Waals surface area contributed by atoms with Crippen molar-refractivity contribution in [1.29, 1.82) is 5.26 Å². The normalized spacial score (nSPS) is 12.4. The van der Waals surface area contributed by atoms with Crippen molar-refractivity contribution in [3.8, 4) is 6.07 Å². The van der Waals surface area contributed by atoms with Crippen LogP contribution < -0.4 is 0 Å². The minimum Gasteiger partial charge on any atom is -0.206 e. The fourth-order valence-corrected chi connectivity index (χ4v) is 1.20. The van der Waals surface area contributed by atoms with E-state index in [-0.39, 0.29) is 10.6 Å². The van der Waals surface area contributed by atoms with Crippen LogP contribution in [0.15, 0.2) is 24.3 Å². The summed E-state index contributed by atoms with van der Waals surface area (Å²) in [4.78, 5) is 0. The van der Waals surface area contributed by atoms with Gasteiger partial charge in [-0.2, -0.15) is 18.4 Å². The number of nitrogens with zero attached hydrogens (tertiary/aromatic N) is 1. The highest BCUT2D eigenvalue weighted by Crippen LogP contribution is 2.33. The largest absolute Gasteiger partial charge is 0.419 e. The Morgan fingerprint density at radius 2 is 2.00 bits per heavy atom. The third kappa shape index (κ3) is 2.74. The molecule has 1 aromatic carbocycles. The fourth-order valence-electron chi connectivity index (χ4n) is 1.03. The molecule has 1 nitrogen and oxygen atoms in total. The van der Waals surface area contributed by atoms with Crippen LogP contribution in [-0.2, 0) is 6.18 Å². The lowest BCUT2D eigenvalue weighted by molar-refractivity contribution is -0.140. The van der Waals surface area contributed by atoms with Crippen LogP contribution in [0.25, 0.3) is 5.03 Å². The Morgan fingerprint density at radius 3 is 2.50 bits per heavy atom. The first-order chi connectivity index (χ1) is 7.36. The molecule has 0 aliphatic rings. The second-order valence-electron chi connectivity index (χ2n) is 2.81. The molecule has 0 atom stereocenters. The molecule has 0 heterocycles. The summed E-state index contributed by atoms with van der Waals surface area (Å²) in [7, 11) is 0. The number of hydrogen-bond donors (Lipinski definition) is 0. The van der Waals surface area contributed by atoms with Gasteiger partial charge < -0.3 is 0 Å². The quantitative estimate of drug-likeness (QED) is 0.546. The Morgan fingerprint density at radius 1 is 1.38 bits per heavy atom. The Hall–Kier alpha value is -1.54. The molecule has 0 aliphatic heterocycles. The van der Waals surface area contributed by atoms with Crippen molar-refractivity contribution >= 4 is 16.6 Å². The molecule has 0 unspecified atom stereocenters. The topological polar surface area (TPSA) is 23.8 Å². The van der Waals surface area contributed by atoms with Gasteiger partial charge in [-0.3, -0.25) is 0 Å². The van der Waals surface area contributed by atoms with Gasteiger partial charge in [-0.05, 0) is 17.7 Å². The number of rotatable bonds is 1. The molecule has 84 valence electrons. The first kappa shape index (κ1) is 12.5. The predicted octanol–water partition coefficient (Wildman–Crippen LogP) is 3.95. The van der Waals surface area contributed by atoms with E-state index in [4.69, 9.17) is 16.9 Å². The Labute approximate surface area is 93.6 Å². The van der Waals surface area contributed by atoms with Crippen molar-refractivity contribution in [2.75, 3.05) is 0 Å². The lowest BCUT2D eigenvalue weighted by atomic mass is 10.1. The fraction of sp³-hybridized carbons (Fsp3) is 0.100. The van der Waals surface area contributed by atoms with Gasteiger partial charge in [-0.25, -0.2) is 4.39 Å². The summed E-state index contributed by atoms with van der Waals surface area (Å²) in [6.07, 6.45) is -3.92. The zero-order valence-electron chi connectivity index (χ0n) is 7.65. The van der Waals surface area contributed by atoms with Gasteiger partial charge in [0.05, 0.1) is 16.7 Å². The van der Waals surface area contributed by atoms with E-state index in [1.165, 1.54) is 0 Å². The SMILES string of the molecule is N#CC=C(Cl)c1ccc(F)c(C(F)(F)F)c1. The van der Waals surface area contributed by atoms with Gasteiger partial charge in [0, 0.05) is 6.08 Å². The van der Waals surface area contributed by atoms with E-state index < -0.39 is 17.6 Å². The molecular formula is C10H4ClF4N. The maximum absolute atomic E-state index is 12.9. The van der Waals surface area contributed by atoms with Crippen molar-refractivity contribution in [3.05, 3.63) is 41.2 Å². The molecule has 0 N–H and O–H groups in total. The predicted molar refractivity (Wildman–Crippen MR) is 50.8 cm³/mol. The van der Waals surface area contributed by atoms with Gasteiger partial charge in [0.15, 0.2) is 0 Å². The van der Waals surface area contributed by atoms with E-state index in [0.29, 0.717) is 12.1 Å². The van der Waals surface area contributed by atoms with Crippen molar-refractivity contribution in [1.82, 2.24) is 0 Å². The summed E-state index contributed by atoms with van der Waals surface area (Å²) >= 11 is 5.53. The molecule has 0 fully saturated rings. The molecule has 0 radical (unpaired) electrons. The Bertz CT molecular complexity index is 471. The lowest BCUT2D eigenvalue weighted by Gasteiger charge is -2.09. The summed E-state index contributed by atoms with van der Waals surface area (Å²) in [6, 6.07) is 3.86. The minimum atomic E-state index is -4.79. The Balaban J connectivity index is 3.30. The summed E-state index contributed by atoms with van der Waals surface area (Å²) in [5.41, 5.74) is -1.47. The average Bonchev–Trinajstić information content (AvgIpc) is 2.16. The van der Waals surface area contributed by atoms with E-state index in [1.54, 1.807) is 6.07 Å². The molecule has 0 aromatic heterocycles. The van der Waals surface area contributed by atoms with E-state index in [0.717, 1.165) is 12.1 Å². The van der Waals surface area contributed by atoms with E-state index >= 15 is 0 Å². The van der Waals surface area contributed by atoms with Crippen molar-refractivity contribution in [3.63, 3.8) is 0 Å². The minimum absolute atomic E-state index is 0.0584.